The number of hydrogen-bond acceptors (Lipinski definition) is 8. The lowest BCUT2D eigenvalue weighted by atomic mass is 9.77. The highest BCUT2D eigenvalue weighted by Crippen LogP contribution is 2.51. The summed E-state index contributed by atoms with van der Waals surface area (Å²) in [6.07, 6.45) is 0.0656. The molecule has 0 saturated carbocycles. The normalized spacial score (nSPS) is 24.9. The molecule has 1 fully saturated rings. The van der Waals surface area contributed by atoms with Crippen molar-refractivity contribution in [1.29, 1.82) is 0 Å². The first-order valence-corrected chi connectivity index (χ1v) is 13.6. The van der Waals surface area contributed by atoms with E-state index in [1.807, 2.05) is 12.1 Å². The number of benzene rings is 2. The Hall–Kier alpha value is -3.15. The van der Waals surface area contributed by atoms with Gasteiger partial charge in [0.1, 0.15) is 12.2 Å². The third-order valence-corrected chi connectivity index (χ3v) is 7.93. The molecule has 2 heterocycles. The molecular weight excluding hydrogens is 540 g/mol. The molecular formula is C29H33ClN2O8. The highest BCUT2D eigenvalue weighted by molar-refractivity contribution is 6.30. The summed E-state index contributed by atoms with van der Waals surface area (Å²) in [5.41, 5.74) is 2.25. The smallest absolute Gasteiger partial charge is 0.247 e. The number of carbonyl (C=O) groups is 2. The second kappa shape index (κ2) is 12.2. The Morgan fingerprint density at radius 2 is 1.95 bits per heavy atom. The van der Waals surface area contributed by atoms with Crippen LogP contribution in [-0.4, -0.2) is 83.8 Å². The largest absolute Gasteiger partial charge is 0.493 e. The standard InChI is InChI=1S/C29H33ClN2O8/c1-38-23-11-17(14-34)10-20-24-21(28(36)31-7-8-33)12-22(25(35)27(24)40-26(20)23)32(29(37)18-6-9-39-15-18)13-16-2-4-19(30)5-3-16/h2-5,10-12,18,22,24-25,27,33-35H,6-9,13-15H2,1H3,(H,31,36). The topological polar surface area (TPSA) is 138 Å². The maximum absolute atomic E-state index is 13.9. The molecule has 40 heavy (non-hydrogen) atoms. The van der Waals surface area contributed by atoms with Crippen LogP contribution in [0.3, 0.4) is 0 Å². The number of hydrogen-bond donors (Lipinski definition) is 4. The molecule has 2 aromatic carbocycles. The van der Waals surface area contributed by atoms with Gasteiger partial charge in [0.05, 0.1) is 44.8 Å². The van der Waals surface area contributed by atoms with Crippen LogP contribution < -0.4 is 14.8 Å². The van der Waals surface area contributed by atoms with Crippen LogP contribution in [0.5, 0.6) is 11.5 Å². The van der Waals surface area contributed by atoms with Crippen LogP contribution >= 0.6 is 11.6 Å². The Balaban J connectivity index is 1.59. The third-order valence-electron chi connectivity index (χ3n) is 7.68. The molecule has 4 N–H and O–H groups in total. The van der Waals surface area contributed by atoms with Gasteiger partial charge >= 0.3 is 0 Å². The Morgan fingerprint density at radius 1 is 1.18 bits per heavy atom. The third kappa shape index (κ3) is 5.42. The molecule has 1 aliphatic carbocycles. The minimum Gasteiger partial charge on any atom is -0.493 e. The van der Waals surface area contributed by atoms with Crippen molar-refractivity contribution in [3.05, 3.63) is 69.8 Å². The monoisotopic (exact) mass is 572 g/mol. The molecule has 3 aliphatic rings. The van der Waals surface area contributed by atoms with E-state index < -0.39 is 30.1 Å². The van der Waals surface area contributed by atoms with E-state index in [9.17, 15) is 24.9 Å². The summed E-state index contributed by atoms with van der Waals surface area (Å²) in [4.78, 5) is 28.9. The number of aliphatic hydroxyl groups excluding tert-OH is 3. The van der Waals surface area contributed by atoms with E-state index in [0.717, 1.165) is 5.56 Å². The van der Waals surface area contributed by atoms with Crippen molar-refractivity contribution < 1.29 is 39.1 Å². The fourth-order valence-electron chi connectivity index (χ4n) is 5.70. The minimum absolute atomic E-state index is 0.0291. The average molecular weight is 573 g/mol. The molecule has 1 saturated heterocycles. The van der Waals surface area contributed by atoms with Crippen molar-refractivity contribution >= 4 is 23.4 Å². The molecule has 2 amide bonds. The number of ether oxygens (including phenoxy) is 3. The molecule has 5 rings (SSSR count). The molecule has 11 heteroatoms. The second-order valence-electron chi connectivity index (χ2n) is 10.2. The SMILES string of the molecule is COc1cc(CO)cc2c1OC1C2C(C(=O)NCCO)=CC(N(Cc2ccc(Cl)cc2)C(=O)C2CCOC2)C1O. The Bertz CT molecular complexity index is 1280. The number of nitrogens with zero attached hydrogens (tertiary/aromatic N) is 1. The van der Waals surface area contributed by atoms with Crippen molar-refractivity contribution in [3.8, 4) is 11.5 Å². The van der Waals surface area contributed by atoms with Crippen LogP contribution in [0, 0.1) is 5.92 Å². The molecule has 0 radical (unpaired) electrons. The van der Waals surface area contributed by atoms with Crippen molar-refractivity contribution in [2.45, 2.75) is 43.7 Å². The summed E-state index contributed by atoms with van der Waals surface area (Å²) in [5, 5.41) is 34.2. The zero-order valence-electron chi connectivity index (χ0n) is 22.1. The lowest BCUT2D eigenvalue weighted by Gasteiger charge is -2.41. The van der Waals surface area contributed by atoms with Gasteiger partial charge in [-0.25, -0.2) is 0 Å². The molecule has 5 unspecified atom stereocenters. The zero-order chi connectivity index (χ0) is 28.4. The van der Waals surface area contributed by atoms with E-state index in [1.54, 1.807) is 35.2 Å². The number of rotatable bonds is 9. The van der Waals surface area contributed by atoms with E-state index in [1.165, 1.54) is 7.11 Å². The highest BCUT2D eigenvalue weighted by Gasteiger charge is 2.52. The maximum Gasteiger partial charge on any atom is 0.247 e. The van der Waals surface area contributed by atoms with Gasteiger partial charge in [0.15, 0.2) is 11.5 Å². The first kappa shape index (κ1) is 28.4. The van der Waals surface area contributed by atoms with Crippen LogP contribution in [0.25, 0.3) is 0 Å². The van der Waals surface area contributed by atoms with Crippen LogP contribution in [0.2, 0.25) is 5.02 Å². The summed E-state index contributed by atoms with van der Waals surface area (Å²) in [7, 11) is 1.47. The van der Waals surface area contributed by atoms with Crippen LogP contribution in [0.4, 0.5) is 0 Å². The number of aliphatic hydroxyl groups is 3. The Labute approximate surface area is 237 Å². The summed E-state index contributed by atoms with van der Waals surface area (Å²) in [6.45, 7) is 0.437. The molecule has 214 valence electrons. The number of amides is 2. The molecule has 2 aliphatic heterocycles. The van der Waals surface area contributed by atoms with Gasteiger partial charge in [0, 0.05) is 35.9 Å². The van der Waals surface area contributed by atoms with Gasteiger partial charge < -0.3 is 39.7 Å². The molecule has 10 nitrogen and oxygen atoms in total. The number of carbonyl (C=O) groups excluding carboxylic acids is 2. The van der Waals surface area contributed by atoms with Gasteiger partial charge in [0.2, 0.25) is 11.8 Å². The minimum atomic E-state index is -1.20. The lowest BCUT2D eigenvalue weighted by molar-refractivity contribution is -0.142. The van der Waals surface area contributed by atoms with E-state index >= 15 is 0 Å². The number of nitrogens with one attached hydrogen (secondary N) is 1. The number of fused-ring (bicyclic) bond motifs is 3. The van der Waals surface area contributed by atoms with E-state index in [4.69, 9.17) is 25.8 Å². The van der Waals surface area contributed by atoms with Gasteiger partial charge in [-0.3, -0.25) is 9.59 Å². The van der Waals surface area contributed by atoms with Crippen molar-refractivity contribution in [1.82, 2.24) is 10.2 Å². The van der Waals surface area contributed by atoms with E-state index in [2.05, 4.69) is 5.32 Å². The Kier molecular flexibility index (Phi) is 8.62. The van der Waals surface area contributed by atoms with Gasteiger partial charge in [-0.1, -0.05) is 23.7 Å². The first-order valence-electron chi connectivity index (χ1n) is 13.3. The predicted molar refractivity (Wildman–Crippen MR) is 145 cm³/mol. The fraction of sp³-hybridized carbons (Fsp3) is 0.448. The summed E-state index contributed by atoms with van der Waals surface area (Å²) >= 11 is 6.08. The van der Waals surface area contributed by atoms with Gasteiger partial charge in [-0.15, -0.1) is 0 Å². The van der Waals surface area contributed by atoms with Crippen molar-refractivity contribution in [3.63, 3.8) is 0 Å². The lowest BCUT2D eigenvalue weighted by Crippen LogP contribution is -2.56. The molecule has 0 bridgehead atoms. The molecule has 0 aromatic heterocycles. The summed E-state index contributed by atoms with van der Waals surface area (Å²) in [6, 6.07) is 9.56. The predicted octanol–water partition coefficient (Wildman–Crippen LogP) is 1.53. The summed E-state index contributed by atoms with van der Waals surface area (Å²) < 4.78 is 17.3. The quantitative estimate of drug-likeness (QED) is 0.355. The van der Waals surface area contributed by atoms with Gasteiger partial charge in [0.25, 0.3) is 0 Å². The highest BCUT2D eigenvalue weighted by atomic mass is 35.5. The second-order valence-corrected chi connectivity index (χ2v) is 10.6. The first-order chi connectivity index (χ1) is 19.4. The molecule has 5 atom stereocenters. The van der Waals surface area contributed by atoms with E-state index in [-0.39, 0.29) is 44.7 Å². The number of halogens is 1. The van der Waals surface area contributed by atoms with E-state index in [0.29, 0.717) is 46.2 Å². The Morgan fingerprint density at radius 3 is 2.60 bits per heavy atom. The zero-order valence-corrected chi connectivity index (χ0v) is 22.8. The van der Waals surface area contributed by atoms with Crippen LogP contribution in [-0.2, 0) is 27.5 Å². The van der Waals surface area contributed by atoms with Crippen LogP contribution in [0.15, 0.2) is 48.0 Å². The summed E-state index contributed by atoms with van der Waals surface area (Å²) in [5.74, 6) is -0.985. The van der Waals surface area contributed by atoms with Gasteiger partial charge in [-0.2, -0.15) is 0 Å². The maximum atomic E-state index is 13.9. The average Bonchev–Trinajstić information content (AvgIpc) is 3.64. The molecule has 0 spiro atoms. The molecule has 2 aromatic rings. The fourth-order valence-corrected chi connectivity index (χ4v) is 5.83. The van der Waals surface area contributed by atoms with Crippen molar-refractivity contribution in [2.24, 2.45) is 5.92 Å². The van der Waals surface area contributed by atoms with Crippen LogP contribution in [0.1, 0.15) is 29.0 Å². The number of methoxy groups -OCH3 is 1. The van der Waals surface area contributed by atoms with Crippen molar-refractivity contribution in [2.75, 3.05) is 33.5 Å². The van der Waals surface area contributed by atoms with Gasteiger partial charge in [-0.05, 0) is 47.9 Å².